The van der Waals surface area contributed by atoms with Gasteiger partial charge in [0.05, 0.1) is 12.7 Å². The van der Waals surface area contributed by atoms with E-state index in [0.29, 0.717) is 10.6 Å². The van der Waals surface area contributed by atoms with E-state index in [2.05, 4.69) is 5.32 Å². The lowest BCUT2D eigenvalue weighted by atomic mass is 10.1. The third kappa shape index (κ3) is 4.05. The fourth-order valence-electron chi connectivity index (χ4n) is 1.87. The summed E-state index contributed by atoms with van der Waals surface area (Å²) >= 11 is 1.34. The maximum Gasteiger partial charge on any atom is 0.340 e. The molecule has 1 amide bonds. The number of nitrogens with one attached hydrogen (secondary N) is 1. The Morgan fingerprint density at radius 3 is 2.50 bits per heavy atom. The van der Waals surface area contributed by atoms with E-state index in [1.54, 1.807) is 12.1 Å². The van der Waals surface area contributed by atoms with Crippen LogP contribution in [0, 0.1) is 13.8 Å². The lowest BCUT2D eigenvalue weighted by Gasteiger charge is -2.02. The van der Waals surface area contributed by atoms with Crippen molar-refractivity contribution in [3.63, 3.8) is 0 Å². The van der Waals surface area contributed by atoms with Crippen molar-refractivity contribution in [1.29, 1.82) is 0 Å². The summed E-state index contributed by atoms with van der Waals surface area (Å²) in [5, 5.41) is 3.22. The van der Waals surface area contributed by atoms with Crippen molar-refractivity contribution in [2.45, 2.75) is 13.8 Å². The normalized spacial score (nSPS) is 10.7. The fraction of sp³-hybridized carbons (Fsp3) is 0.176. The third-order valence-corrected chi connectivity index (χ3v) is 3.97. The first-order chi connectivity index (χ1) is 10.5. The van der Waals surface area contributed by atoms with Crippen molar-refractivity contribution in [3.8, 4) is 0 Å². The second-order valence-electron chi connectivity index (χ2n) is 4.82. The molecule has 5 heteroatoms. The van der Waals surface area contributed by atoms with Gasteiger partial charge in [-0.05, 0) is 31.6 Å². The van der Waals surface area contributed by atoms with Gasteiger partial charge in [0.1, 0.15) is 5.00 Å². The predicted octanol–water partition coefficient (Wildman–Crippen LogP) is 3.80. The molecule has 2 aromatic rings. The molecule has 1 aromatic heterocycles. The highest BCUT2D eigenvalue weighted by Gasteiger charge is 2.16. The van der Waals surface area contributed by atoms with Crippen LogP contribution in [-0.2, 0) is 9.53 Å². The molecule has 1 heterocycles. The third-order valence-electron chi connectivity index (χ3n) is 3.00. The van der Waals surface area contributed by atoms with Crippen molar-refractivity contribution in [2.24, 2.45) is 0 Å². The van der Waals surface area contributed by atoms with Crippen LogP contribution in [0.5, 0.6) is 0 Å². The van der Waals surface area contributed by atoms with Crippen LogP contribution in [-0.4, -0.2) is 19.0 Å². The van der Waals surface area contributed by atoms with Gasteiger partial charge in [-0.3, -0.25) is 4.79 Å². The van der Waals surface area contributed by atoms with Crippen LogP contribution in [0.1, 0.15) is 26.4 Å². The summed E-state index contributed by atoms with van der Waals surface area (Å²) in [4.78, 5) is 24.6. The van der Waals surface area contributed by atoms with Gasteiger partial charge in [0.25, 0.3) is 0 Å². The number of aryl methyl sites for hydroxylation is 2. The molecule has 0 atom stereocenters. The number of amides is 1. The lowest BCUT2D eigenvalue weighted by molar-refractivity contribution is -0.111. The van der Waals surface area contributed by atoms with Crippen molar-refractivity contribution in [3.05, 3.63) is 58.0 Å². The van der Waals surface area contributed by atoms with Crippen LogP contribution in [0.3, 0.4) is 0 Å². The molecular formula is C17H17NO3S. The van der Waals surface area contributed by atoms with Gasteiger partial charge in [0.15, 0.2) is 0 Å². The Kier molecular flexibility index (Phi) is 5.12. The minimum absolute atomic E-state index is 0.285. The molecule has 1 N–H and O–H groups in total. The number of benzene rings is 1. The summed E-state index contributed by atoms with van der Waals surface area (Å²) in [6, 6.07) is 9.55. The van der Waals surface area contributed by atoms with E-state index in [0.717, 1.165) is 10.4 Å². The summed E-state index contributed by atoms with van der Waals surface area (Å²) in [5.41, 5.74) is 2.48. The standard InChI is InChI=1S/C17H17NO3S/c1-11-4-6-13(7-5-11)8-9-15(19)18-16-14(17(20)21-3)10-12(2)22-16/h4-10H,1-3H3,(H,18,19)/b9-8+. The minimum atomic E-state index is -0.456. The number of hydrogen-bond acceptors (Lipinski definition) is 4. The van der Waals surface area contributed by atoms with E-state index in [-0.39, 0.29) is 5.91 Å². The molecule has 0 unspecified atom stereocenters. The Morgan fingerprint density at radius 1 is 1.18 bits per heavy atom. The molecule has 0 fully saturated rings. The molecule has 0 saturated heterocycles. The smallest absolute Gasteiger partial charge is 0.340 e. The zero-order valence-corrected chi connectivity index (χ0v) is 13.5. The molecule has 0 aliphatic carbocycles. The fourth-order valence-corrected chi connectivity index (χ4v) is 2.77. The summed E-state index contributed by atoms with van der Waals surface area (Å²) in [6.07, 6.45) is 3.17. The van der Waals surface area contributed by atoms with E-state index in [1.165, 1.54) is 30.1 Å². The van der Waals surface area contributed by atoms with Crippen molar-refractivity contribution >= 4 is 34.3 Å². The SMILES string of the molecule is COC(=O)c1cc(C)sc1NC(=O)/C=C/c1ccc(C)cc1. The van der Waals surface area contributed by atoms with Gasteiger partial charge < -0.3 is 10.1 Å². The summed E-state index contributed by atoms with van der Waals surface area (Å²) < 4.78 is 4.71. The monoisotopic (exact) mass is 315 g/mol. The Balaban J connectivity index is 2.09. The molecule has 1 aromatic carbocycles. The van der Waals surface area contributed by atoms with E-state index in [1.807, 2.05) is 38.1 Å². The highest BCUT2D eigenvalue weighted by molar-refractivity contribution is 7.16. The van der Waals surface area contributed by atoms with Gasteiger partial charge in [-0.15, -0.1) is 11.3 Å². The number of anilines is 1. The molecule has 2 rings (SSSR count). The zero-order valence-electron chi connectivity index (χ0n) is 12.7. The largest absolute Gasteiger partial charge is 0.465 e. The number of esters is 1. The predicted molar refractivity (Wildman–Crippen MR) is 89.2 cm³/mol. The molecule has 114 valence electrons. The van der Waals surface area contributed by atoms with Crippen LogP contribution in [0.2, 0.25) is 0 Å². The van der Waals surface area contributed by atoms with Gasteiger partial charge >= 0.3 is 5.97 Å². The molecule has 0 saturated carbocycles. The summed E-state index contributed by atoms with van der Waals surface area (Å²) in [6.45, 7) is 3.88. The molecular weight excluding hydrogens is 298 g/mol. The Morgan fingerprint density at radius 2 is 1.86 bits per heavy atom. The Hall–Kier alpha value is -2.40. The summed E-state index contributed by atoms with van der Waals surface area (Å²) in [7, 11) is 1.32. The van der Waals surface area contributed by atoms with Crippen molar-refractivity contribution < 1.29 is 14.3 Å². The molecule has 22 heavy (non-hydrogen) atoms. The van der Waals surface area contributed by atoms with Crippen LogP contribution >= 0.6 is 11.3 Å². The molecule has 0 aliphatic heterocycles. The minimum Gasteiger partial charge on any atom is -0.465 e. The number of carbonyl (C=O) groups is 2. The van der Waals surface area contributed by atoms with Gasteiger partial charge in [-0.25, -0.2) is 4.79 Å². The number of rotatable bonds is 4. The first-order valence-electron chi connectivity index (χ1n) is 6.74. The quantitative estimate of drug-likeness (QED) is 0.689. The number of methoxy groups -OCH3 is 1. The van der Waals surface area contributed by atoms with Crippen LogP contribution in [0.4, 0.5) is 5.00 Å². The lowest BCUT2D eigenvalue weighted by Crippen LogP contribution is -2.10. The van der Waals surface area contributed by atoms with Gasteiger partial charge in [0.2, 0.25) is 5.91 Å². The van der Waals surface area contributed by atoms with E-state index < -0.39 is 5.97 Å². The van der Waals surface area contributed by atoms with E-state index >= 15 is 0 Å². The zero-order chi connectivity index (χ0) is 16.1. The van der Waals surface area contributed by atoms with Crippen LogP contribution in [0.25, 0.3) is 6.08 Å². The number of thiophene rings is 1. The topological polar surface area (TPSA) is 55.4 Å². The number of hydrogen-bond donors (Lipinski definition) is 1. The maximum absolute atomic E-state index is 12.0. The molecule has 4 nitrogen and oxygen atoms in total. The average Bonchev–Trinajstić information content (AvgIpc) is 2.86. The van der Waals surface area contributed by atoms with E-state index in [4.69, 9.17) is 4.74 Å². The van der Waals surface area contributed by atoms with Crippen molar-refractivity contribution in [1.82, 2.24) is 0 Å². The number of carbonyl (C=O) groups excluding carboxylic acids is 2. The summed E-state index contributed by atoms with van der Waals surface area (Å²) in [5.74, 6) is -0.741. The molecule has 0 aliphatic rings. The average molecular weight is 315 g/mol. The first-order valence-corrected chi connectivity index (χ1v) is 7.55. The van der Waals surface area contributed by atoms with Gasteiger partial charge in [-0.2, -0.15) is 0 Å². The highest BCUT2D eigenvalue weighted by atomic mass is 32.1. The molecule has 0 radical (unpaired) electrons. The van der Waals surface area contributed by atoms with Gasteiger partial charge in [0, 0.05) is 11.0 Å². The Labute approximate surface area is 133 Å². The first kappa shape index (κ1) is 16.0. The highest BCUT2D eigenvalue weighted by Crippen LogP contribution is 2.28. The van der Waals surface area contributed by atoms with Crippen LogP contribution in [0.15, 0.2) is 36.4 Å². The second-order valence-corrected chi connectivity index (χ2v) is 6.08. The van der Waals surface area contributed by atoms with Crippen molar-refractivity contribution in [2.75, 3.05) is 12.4 Å². The van der Waals surface area contributed by atoms with Crippen LogP contribution < -0.4 is 5.32 Å². The maximum atomic E-state index is 12.0. The number of ether oxygens (including phenoxy) is 1. The molecule has 0 spiro atoms. The Bertz CT molecular complexity index is 714. The second kappa shape index (κ2) is 7.04. The van der Waals surface area contributed by atoms with E-state index in [9.17, 15) is 9.59 Å². The van der Waals surface area contributed by atoms with Gasteiger partial charge in [-0.1, -0.05) is 29.8 Å². The molecule has 0 bridgehead atoms.